The summed E-state index contributed by atoms with van der Waals surface area (Å²) in [5.41, 5.74) is 0.539. The fourth-order valence-electron chi connectivity index (χ4n) is 0.615. The van der Waals surface area contributed by atoms with Crippen molar-refractivity contribution >= 4 is 5.78 Å². The van der Waals surface area contributed by atoms with Crippen molar-refractivity contribution in [3.8, 4) is 0 Å². The maximum Gasteiger partial charge on any atom is 0.184 e. The average Bonchev–Trinajstić information content (AvgIpc) is 2.00. The van der Waals surface area contributed by atoms with Crippen LogP contribution in [0.3, 0.4) is 0 Å². The molecule has 0 aliphatic heterocycles. The van der Waals surface area contributed by atoms with E-state index in [-0.39, 0.29) is 5.78 Å². The Balaban J connectivity index is 4.04. The first-order chi connectivity index (χ1) is 5.22. The molecular formula is C10H14O. The Labute approximate surface area is 68.1 Å². The summed E-state index contributed by atoms with van der Waals surface area (Å²) in [7, 11) is 0. The smallest absolute Gasteiger partial charge is 0.184 e. The molecule has 0 heterocycles. The molecule has 0 saturated heterocycles. The van der Waals surface area contributed by atoms with Crippen LogP contribution in [0.4, 0.5) is 0 Å². The highest BCUT2D eigenvalue weighted by atomic mass is 16.1. The molecule has 0 aliphatic rings. The van der Waals surface area contributed by atoms with Gasteiger partial charge in [-0.15, -0.1) is 0 Å². The van der Waals surface area contributed by atoms with Gasteiger partial charge >= 0.3 is 0 Å². The molecule has 0 aromatic rings. The Morgan fingerprint density at radius 3 is 2.55 bits per heavy atom. The number of ketones is 1. The molecule has 0 N–H and O–H groups in total. The van der Waals surface area contributed by atoms with Gasteiger partial charge in [-0.1, -0.05) is 31.7 Å². The second-order valence-electron chi connectivity index (χ2n) is 2.20. The van der Waals surface area contributed by atoms with Crippen LogP contribution in [-0.2, 0) is 4.79 Å². The van der Waals surface area contributed by atoms with E-state index >= 15 is 0 Å². The Kier molecular flexibility index (Phi) is 5.09. The van der Waals surface area contributed by atoms with E-state index in [9.17, 15) is 4.79 Å². The van der Waals surface area contributed by atoms with Gasteiger partial charge in [0.05, 0.1) is 0 Å². The highest BCUT2D eigenvalue weighted by Gasteiger charge is 1.95. The summed E-state index contributed by atoms with van der Waals surface area (Å²) < 4.78 is 0. The molecule has 0 bridgehead atoms. The summed E-state index contributed by atoms with van der Waals surface area (Å²) >= 11 is 0. The van der Waals surface area contributed by atoms with Crippen LogP contribution < -0.4 is 0 Å². The van der Waals surface area contributed by atoms with Crippen molar-refractivity contribution in [2.75, 3.05) is 0 Å². The van der Waals surface area contributed by atoms with Crippen LogP contribution in [0.25, 0.3) is 0 Å². The van der Waals surface area contributed by atoms with Crippen LogP contribution in [0.2, 0.25) is 0 Å². The zero-order chi connectivity index (χ0) is 8.69. The van der Waals surface area contributed by atoms with Crippen LogP contribution in [0.15, 0.2) is 36.5 Å². The minimum atomic E-state index is -0.00931. The molecular weight excluding hydrogens is 136 g/mol. The summed E-state index contributed by atoms with van der Waals surface area (Å²) in [5, 5.41) is 0. The highest BCUT2D eigenvalue weighted by Crippen LogP contribution is 1.96. The number of allylic oxidation sites excluding steroid dienone is 5. The zero-order valence-corrected chi connectivity index (χ0v) is 7.13. The molecule has 0 atom stereocenters. The summed E-state index contributed by atoms with van der Waals surface area (Å²) in [6, 6.07) is 0. The number of carbonyl (C=O) groups excluding carboxylic acids is 1. The van der Waals surface area contributed by atoms with Crippen molar-refractivity contribution in [3.05, 3.63) is 36.5 Å². The minimum absolute atomic E-state index is 0.00931. The van der Waals surface area contributed by atoms with Gasteiger partial charge in [0.25, 0.3) is 0 Å². The van der Waals surface area contributed by atoms with E-state index < -0.39 is 0 Å². The van der Waals surface area contributed by atoms with Gasteiger partial charge in [-0.2, -0.15) is 0 Å². The molecule has 0 saturated carbocycles. The lowest BCUT2D eigenvalue weighted by atomic mass is 10.1. The molecule has 0 aromatic carbocycles. The standard InChI is InChI=1S/C10H14O/c1-4-6-8-10(11)9(3)7-5-2/h5-8H,3-4H2,1-2H3/b7-5?,8-6-. The predicted molar refractivity (Wildman–Crippen MR) is 48.4 cm³/mol. The molecule has 0 aliphatic carbocycles. The molecule has 1 nitrogen and oxygen atoms in total. The van der Waals surface area contributed by atoms with Crippen molar-refractivity contribution in [1.29, 1.82) is 0 Å². The van der Waals surface area contributed by atoms with Gasteiger partial charge in [-0.3, -0.25) is 4.79 Å². The van der Waals surface area contributed by atoms with Gasteiger partial charge in [0.2, 0.25) is 0 Å². The van der Waals surface area contributed by atoms with Crippen LogP contribution in [0.5, 0.6) is 0 Å². The number of hydrogen-bond acceptors (Lipinski definition) is 1. The minimum Gasteiger partial charge on any atom is -0.289 e. The molecule has 60 valence electrons. The Bertz CT molecular complexity index is 197. The molecule has 0 rings (SSSR count). The average molecular weight is 150 g/mol. The van der Waals surface area contributed by atoms with Crippen molar-refractivity contribution in [1.82, 2.24) is 0 Å². The third-order valence-electron chi connectivity index (χ3n) is 1.19. The molecule has 0 unspecified atom stereocenters. The fourth-order valence-corrected chi connectivity index (χ4v) is 0.615. The second-order valence-corrected chi connectivity index (χ2v) is 2.20. The third-order valence-corrected chi connectivity index (χ3v) is 1.19. The molecule has 0 aromatic heterocycles. The number of rotatable bonds is 4. The number of hydrogen-bond donors (Lipinski definition) is 0. The van der Waals surface area contributed by atoms with Crippen LogP contribution >= 0.6 is 0 Å². The number of carbonyl (C=O) groups is 1. The van der Waals surface area contributed by atoms with Crippen LogP contribution in [0.1, 0.15) is 20.3 Å². The lowest BCUT2D eigenvalue weighted by Crippen LogP contribution is -1.92. The van der Waals surface area contributed by atoms with Gasteiger partial charge in [0.1, 0.15) is 0 Å². The maximum absolute atomic E-state index is 11.1. The van der Waals surface area contributed by atoms with Gasteiger partial charge in [0.15, 0.2) is 5.78 Å². The van der Waals surface area contributed by atoms with E-state index in [0.29, 0.717) is 5.57 Å². The topological polar surface area (TPSA) is 17.1 Å². The first-order valence-corrected chi connectivity index (χ1v) is 3.74. The Morgan fingerprint density at radius 1 is 1.45 bits per heavy atom. The maximum atomic E-state index is 11.1. The van der Waals surface area contributed by atoms with Crippen molar-refractivity contribution in [2.24, 2.45) is 0 Å². The summed E-state index contributed by atoms with van der Waals surface area (Å²) in [6.07, 6.45) is 7.79. The third kappa shape index (κ3) is 4.31. The summed E-state index contributed by atoms with van der Waals surface area (Å²) in [5.74, 6) is -0.00931. The summed E-state index contributed by atoms with van der Waals surface area (Å²) in [6.45, 7) is 7.46. The normalized spacial score (nSPS) is 11.1. The van der Waals surface area contributed by atoms with E-state index in [1.165, 1.54) is 0 Å². The first kappa shape index (κ1) is 9.89. The molecule has 0 amide bonds. The van der Waals surface area contributed by atoms with Crippen molar-refractivity contribution < 1.29 is 4.79 Å². The van der Waals surface area contributed by atoms with Crippen LogP contribution in [0, 0.1) is 0 Å². The zero-order valence-electron chi connectivity index (χ0n) is 7.13. The van der Waals surface area contributed by atoms with Crippen molar-refractivity contribution in [3.63, 3.8) is 0 Å². The molecule has 11 heavy (non-hydrogen) atoms. The van der Waals surface area contributed by atoms with Gasteiger partial charge in [0, 0.05) is 5.57 Å². The van der Waals surface area contributed by atoms with Gasteiger partial charge in [-0.05, 0) is 19.4 Å². The Morgan fingerprint density at radius 2 is 2.09 bits per heavy atom. The van der Waals surface area contributed by atoms with E-state index in [0.717, 1.165) is 6.42 Å². The quantitative estimate of drug-likeness (QED) is 0.445. The van der Waals surface area contributed by atoms with Gasteiger partial charge in [-0.25, -0.2) is 0 Å². The second kappa shape index (κ2) is 5.66. The van der Waals surface area contributed by atoms with Gasteiger partial charge < -0.3 is 0 Å². The molecule has 1 heteroatoms. The molecule has 0 radical (unpaired) electrons. The largest absolute Gasteiger partial charge is 0.289 e. The van der Waals surface area contributed by atoms with E-state index in [1.807, 2.05) is 19.9 Å². The summed E-state index contributed by atoms with van der Waals surface area (Å²) in [4.78, 5) is 11.1. The highest BCUT2D eigenvalue weighted by molar-refractivity contribution is 6.05. The molecule has 0 fully saturated rings. The SMILES string of the molecule is C=C(C=CC)C(=O)/C=C\CC. The monoisotopic (exact) mass is 150 g/mol. The lowest BCUT2D eigenvalue weighted by molar-refractivity contribution is -0.111. The van der Waals surface area contributed by atoms with Crippen molar-refractivity contribution in [2.45, 2.75) is 20.3 Å². The fraction of sp³-hybridized carbons (Fsp3) is 0.300. The van der Waals surface area contributed by atoms with E-state index in [1.54, 1.807) is 18.2 Å². The van der Waals surface area contributed by atoms with E-state index in [4.69, 9.17) is 0 Å². The first-order valence-electron chi connectivity index (χ1n) is 3.74. The lowest BCUT2D eigenvalue weighted by Gasteiger charge is -1.90. The predicted octanol–water partition coefficient (Wildman–Crippen LogP) is 2.65. The molecule has 0 spiro atoms. The van der Waals surface area contributed by atoms with E-state index in [2.05, 4.69) is 6.58 Å². The Hall–Kier alpha value is -1.11. The van der Waals surface area contributed by atoms with Crippen LogP contribution in [-0.4, -0.2) is 5.78 Å².